The molecule has 6 heteroatoms. The summed E-state index contributed by atoms with van der Waals surface area (Å²) in [7, 11) is 0. The predicted octanol–water partition coefficient (Wildman–Crippen LogP) is 7.19. The fourth-order valence-corrected chi connectivity index (χ4v) is 2.48. The van der Waals surface area contributed by atoms with E-state index >= 15 is 0 Å². The average Bonchev–Trinajstić information content (AvgIpc) is 2.44. The Morgan fingerprint density at radius 3 is 1.70 bits per heavy atom. The molecular formula is C17H22F6. The van der Waals surface area contributed by atoms with Crippen molar-refractivity contribution in [2.45, 2.75) is 70.6 Å². The average molecular weight is 340 g/mol. The first kappa shape index (κ1) is 19.8. The maximum Gasteiger partial charge on any atom is 0.416 e. The van der Waals surface area contributed by atoms with Crippen molar-refractivity contribution in [3.8, 4) is 0 Å². The van der Waals surface area contributed by atoms with E-state index in [1.807, 2.05) is 0 Å². The van der Waals surface area contributed by atoms with E-state index in [0.29, 0.717) is 6.42 Å². The van der Waals surface area contributed by atoms with Crippen LogP contribution >= 0.6 is 0 Å². The van der Waals surface area contributed by atoms with Crippen LogP contribution in [0.25, 0.3) is 0 Å². The topological polar surface area (TPSA) is 0 Å². The van der Waals surface area contributed by atoms with E-state index < -0.39 is 23.5 Å². The molecule has 0 unspecified atom stereocenters. The monoisotopic (exact) mass is 340 g/mol. The fourth-order valence-electron chi connectivity index (χ4n) is 2.48. The van der Waals surface area contributed by atoms with Crippen LogP contribution in [0.2, 0.25) is 0 Å². The Morgan fingerprint density at radius 2 is 1.26 bits per heavy atom. The molecule has 1 aromatic carbocycles. The molecule has 0 saturated carbocycles. The summed E-state index contributed by atoms with van der Waals surface area (Å²) >= 11 is 0. The van der Waals surface area contributed by atoms with Gasteiger partial charge in [-0.15, -0.1) is 0 Å². The largest absolute Gasteiger partial charge is 0.416 e. The van der Waals surface area contributed by atoms with E-state index in [1.165, 1.54) is 0 Å². The maximum absolute atomic E-state index is 12.8. The van der Waals surface area contributed by atoms with Gasteiger partial charge in [0.1, 0.15) is 0 Å². The fraction of sp³-hybridized carbons (Fsp3) is 0.647. The second kappa shape index (κ2) is 8.06. The molecule has 0 aromatic heterocycles. The lowest BCUT2D eigenvalue weighted by molar-refractivity contribution is -0.143. The molecule has 132 valence electrons. The molecule has 0 radical (unpaired) electrons. The molecule has 0 fully saturated rings. The van der Waals surface area contributed by atoms with Gasteiger partial charge in [0.2, 0.25) is 0 Å². The van der Waals surface area contributed by atoms with Gasteiger partial charge < -0.3 is 0 Å². The van der Waals surface area contributed by atoms with Gasteiger partial charge in [-0.3, -0.25) is 0 Å². The van der Waals surface area contributed by atoms with Crippen LogP contribution < -0.4 is 0 Å². The second-order valence-corrected chi connectivity index (χ2v) is 5.94. The molecule has 0 bridgehead atoms. The summed E-state index contributed by atoms with van der Waals surface area (Å²) in [4.78, 5) is 0. The minimum atomic E-state index is -4.78. The number of unbranched alkanes of at least 4 members (excludes halogenated alkanes) is 4. The molecule has 23 heavy (non-hydrogen) atoms. The first-order valence-corrected chi connectivity index (χ1v) is 7.85. The minimum Gasteiger partial charge on any atom is -0.166 e. The van der Waals surface area contributed by atoms with Crippen LogP contribution in [0.4, 0.5) is 26.3 Å². The first-order chi connectivity index (χ1) is 10.6. The van der Waals surface area contributed by atoms with Crippen LogP contribution in [0.1, 0.15) is 75.0 Å². The predicted molar refractivity (Wildman–Crippen MR) is 78.2 cm³/mol. The van der Waals surface area contributed by atoms with Gasteiger partial charge in [0.25, 0.3) is 0 Å². The first-order valence-electron chi connectivity index (χ1n) is 7.85. The molecule has 0 amide bonds. The second-order valence-electron chi connectivity index (χ2n) is 5.94. The van der Waals surface area contributed by atoms with Crippen LogP contribution in [0.5, 0.6) is 0 Å². The lowest BCUT2D eigenvalue weighted by Crippen LogP contribution is -2.12. The van der Waals surface area contributed by atoms with Gasteiger partial charge in [0.15, 0.2) is 0 Å². The number of rotatable bonds is 7. The van der Waals surface area contributed by atoms with Crippen molar-refractivity contribution < 1.29 is 26.3 Å². The summed E-state index contributed by atoms with van der Waals surface area (Å²) in [5.74, 6) is -0.333. The smallest absolute Gasteiger partial charge is 0.166 e. The van der Waals surface area contributed by atoms with Crippen LogP contribution in [0.15, 0.2) is 18.2 Å². The van der Waals surface area contributed by atoms with Gasteiger partial charge in [0, 0.05) is 0 Å². The van der Waals surface area contributed by atoms with Crippen LogP contribution in [-0.4, -0.2) is 0 Å². The maximum atomic E-state index is 12.8. The van der Waals surface area contributed by atoms with Gasteiger partial charge in [-0.25, -0.2) is 0 Å². The summed E-state index contributed by atoms with van der Waals surface area (Å²) < 4.78 is 76.9. The summed E-state index contributed by atoms with van der Waals surface area (Å²) in [5, 5.41) is 0. The Kier molecular flexibility index (Phi) is 6.96. The molecule has 0 nitrogen and oxygen atoms in total. The van der Waals surface area contributed by atoms with Crippen molar-refractivity contribution >= 4 is 0 Å². The molecular weight excluding hydrogens is 318 g/mol. The lowest BCUT2D eigenvalue weighted by Gasteiger charge is -2.18. The van der Waals surface area contributed by atoms with Crippen LogP contribution in [0.3, 0.4) is 0 Å². The van der Waals surface area contributed by atoms with Crippen molar-refractivity contribution in [3.63, 3.8) is 0 Å². The van der Waals surface area contributed by atoms with E-state index in [-0.39, 0.29) is 17.5 Å². The number of hydrogen-bond acceptors (Lipinski definition) is 0. The normalized spacial score (nSPS) is 14.1. The van der Waals surface area contributed by atoms with Crippen molar-refractivity contribution in [1.29, 1.82) is 0 Å². The van der Waals surface area contributed by atoms with E-state index in [1.54, 1.807) is 6.92 Å². The minimum absolute atomic E-state index is 0.0997. The number of halogens is 6. The standard InChI is InChI=1S/C17H22F6/c1-3-4-5-6-7-8-12(2)13-9-14(16(18,19)20)11-15(10-13)17(21,22)23/h9-12H,3-8H2,1-2H3/t12-/m0/s1. The molecule has 0 aliphatic heterocycles. The number of hydrogen-bond donors (Lipinski definition) is 0. The molecule has 0 spiro atoms. The zero-order valence-electron chi connectivity index (χ0n) is 13.3. The molecule has 0 saturated heterocycles. The Balaban J connectivity index is 2.92. The van der Waals surface area contributed by atoms with Crippen molar-refractivity contribution in [2.75, 3.05) is 0 Å². The third kappa shape index (κ3) is 6.43. The van der Waals surface area contributed by atoms with Crippen LogP contribution in [0, 0.1) is 0 Å². The zero-order valence-corrected chi connectivity index (χ0v) is 13.3. The van der Waals surface area contributed by atoms with Gasteiger partial charge in [-0.1, -0.05) is 46.0 Å². The lowest BCUT2D eigenvalue weighted by atomic mass is 9.91. The quantitative estimate of drug-likeness (QED) is 0.364. The zero-order chi connectivity index (χ0) is 17.7. The Hall–Kier alpha value is -1.20. The van der Waals surface area contributed by atoms with E-state index in [4.69, 9.17) is 0 Å². The Bertz CT molecular complexity index is 455. The van der Waals surface area contributed by atoms with Crippen LogP contribution in [-0.2, 0) is 12.4 Å². The van der Waals surface area contributed by atoms with Gasteiger partial charge >= 0.3 is 12.4 Å². The molecule has 0 N–H and O–H groups in total. The van der Waals surface area contributed by atoms with Gasteiger partial charge in [0.05, 0.1) is 11.1 Å². The van der Waals surface area contributed by atoms with Gasteiger partial charge in [-0.2, -0.15) is 26.3 Å². The summed E-state index contributed by atoms with van der Waals surface area (Å²) in [6.07, 6.45) is -4.01. The molecule has 1 rings (SSSR count). The van der Waals surface area contributed by atoms with Crippen molar-refractivity contribution in [2.24, 2.45) is 0 Å². The van der Waals surface area contributed by atoms with Crippen molar-refractivity contribution in [3.05, 3.63) is 34.9 Å². The highest BCUT2D eigenvalue weighted by Crippen LogP contribution is 2.38. The highest BCUT2D eigenvalue weighted by atomic mass is 19.4. The van der Waals surface area contributed by atoms with E-state index in [9.17, 15) is 26.3 Å². The SMILES string of the molecule is CCCCCCC[C@H](C)c1cc(C(F)(F)F)cc(C(F)(F)F)c1. The van der Waals surface area contributed by atoms with E-state index in [2.05, 4.69) is 6.92 Å². The third-order valence-corrected chi connectivity index (χ3v) is 3.92. The summed E-state index contributed by atoms with van der Waals surface area (Å²) in [5.41, 5.74) is -2.37. The third-order valence-electron chi connectivity index (χ3n) is 3.92. The molecule has 1 aromatic rings. The molecule has 0 aliphatic rings. The molecule has 0 heterocycles. The highest BCUT2D eigenvalue weighted by molar-refractivity contribution is 5.35. The molecule has 0 aliphatic carbocycles. The van der Waals surface area contributed by atoms with Crippen molar-refractivity contribution in [1.82, 2.24) is 0 Å². The Morgan fingerprint density at radius 1 is 0.783 bits per heavy atom. The summed E-state index contributed by atoms with van der Waals surface area (Å²) in [6.45, 7) is 3.75. The van der Waals surface area contributed by atoms with Gasteiger partial charge in [-0.05, 0) is 36.1 Å². The number of alkyl halides is 6. The number of benzene rings is 1. The summed E-state index contributed by atoms with van der Waals surface area (Å²) in [6, 6.07) is 1.86. The van der Waals surface area contributed by atoms with E-state index in [0.717, 1.165) is 44.2 Å². The Labute approximate surface area is 132 Å². The molecule has 1 atom stereocenters. The highest BCUT2D eigenvalue weighted by Gasteiger charge is 2.37.